The number of carbonyl (C=O) groups excluding carboxylic acids is 1. The standard InChI is InChI=1S/C15H11FN2O2/c16-14-9-11(3-2-8-19)5-6-13(14)15(20)18-12-4-1-7-17-10-12/h1,4-7,9-10,19H,8H2,(H,18,20). The van der Waals surface area contributed by atoms with Crippen LogP contribution in [0.1, 0.15) is 15.9 Å². The third kappa shape index (κ3) is 3.40. The molecule has 0 saturated carbocycles. The number of pyridine rings is 1. The molecule has 0 bridgehead atoms. The zero-order chi connectivity index (χ0) is 14.4. The van der Waals surface area contributed by atoms with Crippen molar-refractivity contribution < 1.29 is 14.3 Å². The third-order valence-corrected chi connectivity index (χ3v) is 2.44. The van der Waals surface area contributed by atoms with Crippen LogP contribution < -0.4 is 5.32 Å². The minimum atomic E-state index is -0.670. The average molecular weight is 270 g/mol. The van der Waals surface area contributed by atoms with Crippen LogP contribution in [0.2, 0.25) is 0 Å². The highest BCUT2D eigenvalue weighted by molar-refractivity contribution is 6.04. The first-order valence-electron chi connectivity index (χ1n) is 5.81. The average Bonchev–Trinajstić information content (AvgIpc) is 2.46. The fraction of sp³-hybridized carbons (Fsp3) is 0.0667. The number of aliphatic hydroxyl groups is 1. The van der Waals surface area contributed by atoms with Crippen LogP contribution in [0.25, 0.3) is 0 Å². The van der Waals surface area contributed by atoms with E-state index < -0.39 is 11.7 Å². The van der Waals surface area contributed by atoms with Crippen LogP contribution in [0.15, 0.2) is 42.7 Å². The van der Waals surface area contributed by atoms with Gasteiger partial charge in [0.05, 0.1) is 17.4 Å². The lowest BCUT2D eigenvalue weighted by molar-refractivity contribution is 0.102. The maximum atomic E-state index is 13.8. The van der Waals surface area contributed by atoms with Crippen LogP contribution in [0, 0.1) is 17.7 Å². The maximum absolute atomic E-state index is 13.8. The normalized spacial score (nSPS) is 9.50. The van der Waals surface area contributed by atoms with E-state index in [2.05, 4.69) is 22.1 Å². The fourth-order valence-corrected chi connectivity index (χ4v) is 1.55. The summed E-state index contributed by atoms with van der Waals surface area (Å²) in [6.45, 7) is -0.301. The molecule has 2 N–H and O–H groups in total. The Bertz CT molecular complexity index is 675. The molecule has 0 aliphatic carbocycles. The van der Waals surface area contributed by atoms with E-state index >= 15 is 0 Å². The van der Waals surface area contributed by atoms with Crippen LogP contribution in [0.4, 0.5) is 10.1 Å². The highest BCUT2D eigenvalue weighted by Gasteiger charge is 2.12. The van der Waals surface area contributed by atoms with Crippen molar-refractivity contribution >= 4 is 11.6 Å². The lowest BCUT2D eigenvalue weighted by Gasteiger charge is -2.05. The number of aliphatic hydroxyl groups excluding tert-OH is 1. The van der Waals surface area contributed by atoms with Gasteiger partial charge in [-0.2, -0.15) is 0 Å². The predicted octanol–water partition coefficient (Wildman–Crippen LogP) is 1.82. The molecule has 0 atom stereocenters. The van der Waals surface area contributed by atoms with E-state index in [9.17, 15) is 9.18 Å². The summed E-state index contributed by atoms with van der Waals surface area (Å²) < 4.78 is 13.8. The number of nitrogens with zero attached hydrogens (tertiary/aromatic N) is 1. The van der Waals surface area contributed by atoms with Gasteiger partial charge in [-0.05, 0) is 30.3 Å². The van der Waals surface area contributed by atoms with Crippen LogP contribution in [0.3, 0.4) is 0 Å². The summed E-state index contributed by atoms with van der Waals surface area (Å²) in [7, 11) is 0. The quantitative estimate of drug-likeness (QED) is 0.818. The van der Waals surface area contributed by atoms with E-state index in [4.69, 9.17) is 5.11 Å². The second-order valence-corrected chi connectivity index (χ2v) is 3.85. The summed E-state index contributed by atoms with van der Waals surface area (Å²) in [5, 5.41) is 11.1. The molecule has 0 radical (unpaired) electrons. The number of amides is 1. The third-order valence-electron chi connectivity index (χ3n) is 2.44. The molecule has 0 aliphatic heterocycles. The molecule has 2 rings (SSSR count). The molecular weight excluding hydrogens is 259 g/mol. The summed E-state index contributed by atoms with van der Waals surface area (Å²) >= 11 is 0. The van der Waals surface area contributed by atoms with Crippen molar-refractivity contribution in [3.63, 3.8) is 0 Å². The second kappa shape index (κ2) is 6.45. The Hall–Kier alpha value is -2.71. The molecule has 0 aliphatic rings. The Morgan fingerprint density at radius 1 is 1.40 bits per heavy atom. The molecule has 20 heavy (non-hydrogen) atoms. The highest BCUT2D eigenvalue weighted by atomic mass is 19.1. The Kier molecular flexibility index (Phi) is 4.43. The van der Waals surface area contributed by atoms with E-state index in [0.717, 1.165) is 6.07 Å². The molecule has 1 amide bonds. The van der Waals surface area contributed by atoms with Gasteiger partial charge in [0.1, 0.15) is 12.4 Å². The number of aromatic nitrogens is 1. The first-order valence-corrected chi connectivity index (χ1v) is 5.81. The van der Waals surface area contributed by atoms with Crippen molar-refractivity contribution in [3.05, 3.63) is 59.7 Å². The molecule has 5 heteroatoms. The van der Waals surface area contributed by atoms with Crippen molar-refractivity contribution in [2.75, 3.05) is 11.9 Å². The van der Waals surface area contributed by atoms with Gasteiger partial charge in [0, 0.05) is 11.8 Å². The van der Waals surface area contributed by atoms with Crippen molar-refractivity contribution in [1.82, 2.24) is 4.98 Å². The molecule has 1 aromatic heterocycles. The molecule has 0 spiro atoms. The molecule has 0 saturated heterocycles. The van der Waals surface area contributed by atoms with Crippen LogP contribution in [-0.4, -0.2) is 22.6 Å². The Balaban J connectivity index is 2.18. The number of nitrogens with one attached hydrogen (secondary N) is 1. The number of anilines is 1. The number of carbonyl (C=O) groups is 1. The van der Waals surface area contributed by atoms with Gasteiger partial charge in [0.15, 0.2) is 0 Å². The van der Waals surface area contributed by atoms with Gasteiger partial charge in [-0.25, -0.2) is 4.39 Å². The number of benzene rings is 1. The summed E-state index contributed by atoms with van der Waals surface area (Å²) in [6, 6.07) is 7.34. The SMILES string of the molecule is O=C(Nc1cccnc1)c1ccc(C#CCO)cc1F. The molecule has 4 nitrogen and oxygen atoms in total. The van der Waals surface area contributed by atoms with E-state index in [-0.39, 0.29) is 12.2 Å². The Morgan fingerprint density at radius 3 is 2.90 bits per heavy atom. The van der Waals surface area contributed by atoms with Gasteiger partial charge in [-0.15, -0.1) is 0 Å². The summed E-state index contributed by atoms with van der Waals surface area (Å²) in [5.41, 5.74) is 0.805. The van der Waals surface area contributed by atoms with Crippen LogP contribution in [-0.2, 0) is 0 Å². The molecular formula is C15H11FN2O2. The van der Waals surface area contributed by atoms with E-state index in [1.807, 2.05) is 0 Å². The number of hydrogen-bond donors (Lipinski definition) is 2. The lowest BCUT2D eigenvalue weighted by Crippen LogP contribution is -2.13. The van der Waals surface area contributed by atoms with Crippen molar-refractivity contribution in [2.24, 2.45) is 0 Å². The summed E-state index contributed by atoms with van der Waals surface area (Å²) in [4.78, 5) is 15.8. The summed E-state index contributed by atoms with van der Waals surface area (Å²) in [5.74, 6) is 3.75. The molecule has 1 aromatic carbocycles. The lowest BCUT2D eigenvalue weighted by atomic mass is 10.1. The first kappa shape index (κ1) is 13.7. The second-order valence-electron chi connectivity index (χ2n) is 3.85. The topological polar surface area (TPSA) is 62.2 Å². The Labute approximate surface area is 115 Å². The van der Waals surface area contributed by atoms with Gasteiger partial charge in [-0.1, -0.05) is 11.8 Å². The number of rotatable bonds is 2. The zero-order valence-corrected chi connectivity index (χ0v) is 10.4. The van der Waals surface area contributed by atoms with E-state index in [0.29, 0.717) is 11.3 Å². The highest BCUT2D eigenvalue weighted by Crippen LogP contribution is 2.12. The largest absolute Gasteiger partial charge is 0.384 e. The van der Waals surface area contributed by atoms with Gasteiger partial charge in [-0.3, -0.25) is 9.78 Å². The van der Waals surface area contributed by atoms with E-state index in [1.54, 1.807) is 18.3 Å². The predicted molar refractivity (Wildman–Crippen MR) is 72.6 cm³/mol. The molecule has 2 aromatic rings. The fourth-order valence-electron chi connectivity index (χ4n) is 1.55. The van der Waals surface area contributed by atoms with Gasteiger partial charge < -0.3 is 10.4 Å². The van der Waals surface area contributed by atoms with Crippen LogP contribution >= 0.6 is 0 Å². The molecule has 1 heterocycles. The van der Waals surface area contributed by atoms with Crippen molar-refractivity contribution in [3.8, 4) is 11.8 Å². The molecule has 0 fully saturated rings. The van der Waals surface area contributed by atoms with Gasteiger partial charge in [0.25, 0.3) is 5.91 Å². The molecule has 100 valence electrons. The monoisotopic (exact) mass is 270 g/mol. The Morgan fingerprint density at radius 2 is 2.25 bits per heavy atom. The van der Waals surface area contributed by atoms with Crippen molar-refractivity contribution in [2.45, 2.75) is 0 Å². The minimum Gasteiger partial charge on any atom is -0.384 e. The van der Waals surface area contributed by atoms with Crippen LogP contribution in [0.5, 0.6) is 0 Å². The molecule has 0 unspecified atom stereocenters. The van der Waals surface area contributed by atoms with Gasteiger partial charge >= 0.3 is 0 Å². The zero-order valence-electron chi connectivity index (χ0n) is 10.4. The summed E-state index contributed by atoms with van der Waals surface area (Å²) in [6.07, 6.45) is 3.04. The minimum absolute atomic E-state index is 0.0802. The first-order chi connectivity index (χ1) is 9.70. The number of halogens is 1. The van der Waals surface area contributed by atoms with Gasteiger partial charge in [0.2, 0.25) is 0 Å². The number of hydrogen-bond acceptors (Lipinski definition) is 3. The smallest absolute Gasteiger partial charge is 0.258 e. The van der Waals surface area contributed by atoms with E-state index in [1.165, 1.54) is 18.3 Å². The van der Waals surface area contributed by atoms with Crippen molar-refractivity contribution in [1.29, 1.82) is 0 Å². The maximum Gasteiger partial charge on any atom is 0.258 e.